The Hall–Kier alpha value is -1.20. The molecule has 0 spiro atoms. The van der Waals surface area contributed by atoms with Crippen LogP contribution in [-0.4, -0.2) is 27.5 Å². The van der Waals surface area contributed by atoms with Gasteiger partial charge in [0.05, 0.1) is 0 Å². The van der Waals surface area contributed by atoms with Gasteiger partial charge in [0.25, 0.3) is 5.91 Å². The first-order chi connectivity index (χ1) is 10.5. The molecule has 0 unspecified atom stereocenters. The highest BCUT2D eigenvalue weighted by molar-refractivity contribution is 9.10. The van der Waals surface area contributed by atoms with Crippen molar-refractivity contribution in [1.29, 1.82) is 0 Å². The third-order valence-electron chi connectivity index (χ3n) is 4.70. The van der Waals surface area contributed by atoms with Gasteiger partial charge in [-0.15, -0.1) is 0 Å². The van der Waals surface area contributed by atoms with Crippen LogP contribution in [-0.2, 0) is 0 Å². The van der Waals surface area contributed by atoms with Crippen molar-refractivity contribution >= 4 is 27.5 Å². The lowest BCUT2D eigenvalue weighted by Crippen LogP contribution is -2.52. The molecule has 1 aliphatic carbocycles. The van der Waals surface area contributed by atoms with Crippen LogP contribution in [0.25, 0.3) is 0 Å². The van der Waals surface area contributed by atoms with Crippen LogP contribution in [0.4, 0.5) is 0 Å². The summed E-state index contributed by atoms with van der Waals surface area (Å²) in [4.78, 5) is 12.8. The molecular formula is C17H21BrN2O2. The highest BCUT2D eigenvalue weighted by Gasteiger charge is 2.49. The smallest absolute Gasteiger partial charge is 0.276 e. The Morgan fingerprint density at radius 2 is 1.91 bits per heavy atom. The molecule has 0 radical (unpaired) electrons. The van der Waals surface area contributed by atoms with E-state index in [0.29, 0.717) is 12.0 Å². The first-order valence-electron chi connectivity index (χ1n) is 7.87. The van der Waals surface area contributed by atoms with Crippen LogP contribution in [0.5, 0.6) is 0 Å². The molecule has 0 aromatic heterocycles. The molecule has 1 N–H and O–H groups in total. The number of hydrogen-bond acceptors (Lipinski definition) is 3. The molecule has 1 saturated carbocycles. The summed E-state index contributed by atoms with van der Waals surface area (Å²) >= 11 is 3.37. The highest BCUT2D eigenvalue weighted by Crippen LogP contribution is 2.41. The largest absolute Gasteiger partial charge is 0.368 e. The summed E-state index contributed by atoms with van der Waals surface area (Å²) in [5.41, 5.74) is 0.212. The quantitative estimate of drug-likeness (QED) is 0.863. The van der Waals surface area contributed by atoms with E-state index >= 15 is 0 Å². The van der Waals surface area contributed by atoms with E-state index in [2.05, 4.69) is 21.0 Å². The molecule has 1 aromatic rings. The predicted molar refractivity (Wildman–Crippen MR) is 89.6 cm³/mol. The molecule has 4 nitrogen and oxygen atoms in total. The SMILES string of the molecule is CC1=NN(C(=O)c2ccc(Br)cc2)[C@@](O)(C2CCCCC2)C1. The maximum Gasteiger partial charge on any atom is 0.276 e. The first kappa shape index (κ1) is 15.7. The molecule has 1 amide bonds. The number of carbonyl (C=O) groups excluding carboxylic acids is 1. The zero-order chi connectivity index (χ0) is 15.7. The molecular weight excluding hydrogens is 344 g/mol. The van der Waals surface area contributed by atoms with Gasteiger partial charge in [0, 0.05) is 28.1 Å². The monoisotopic (exact) mass is 364 g/mol. The lowest BCUT2D eigenvalue weighted by Gasteiger charge is -2.40. The van der Waals surface area contributed by atoms with Gasteiger partial charge in [-0.2, -0.15) is 10.1 Å². The number of hydrogen-bond donors (Lipinski definition) is 1. The summed E-state index contributed by atoms with van der Waals surface area (Å²) in [6.45, 7) is 1.88. The van der Waals surface area contributed by atoms with Crippen LogP contribution in [0.3, 0.4) is 0 Å². The second kappa shape index (κ2) is 6.13. The fourth-order valence-corrected chi connectivity index (χ4v) is 3.83. The van der Waals surface area contributed by atoms with Crippen molar-refractivity contribution in [1.82, 2.24) is 5.01 Å². The average molecular weight is 365 g/mol. The van der Waals surface area contributed by atoms with E-state index in [1.54, 1.807) is 12.1 Å². The maximum absolute atomic E-state index is 12.8. The minimum atomic E-state index is -1.16. The molecule has 0 bridgehead atoms. The predicted octanol–water partition coefficient (Wildman–Crippen LogP) is 3.94. The Bertz CT molecular complexity index is 593. The van der Waals surface area contributed by atoms with Crippen molar-refractivity contribution in [3.63, 3.8) is 0 Å². The minimum Gasteiger partial charge on any atom is -0.368 e. The van der Waals surface area contributed by atoms with Gasteiger partial charge in [-0.05, 0) is 44.0 Å². The molecule has 3 rings (SSSR count). The van der Waals surface area contributed by atoms with Gasteiger partial charge >= 0.3 is 0 Å². The topological polar surface area (TPSA) is 52.9 Å². The second-order valence-electron chi connectivity index (χ2n) is 6.35. The van der Waals surface area contributed by atoms with Crippen molar-refractivity contribution in [3.8, 4) is 0 Å². The first-order valence-corrected chi connectivity index (χ1v) is 8.66. The third-order valence-corrected chi connectivity index (χ3v) is 5.22. The van der Waals surface area contributed by atoms with Gasteiger partial charge < -0.3 is 5.11 Å². The summed E-state index contributed by atoms with van der Waals surface area (Å²) < 4.78 is 0.924. The zero-order valence-electron chi connectivity index (χ0n) is 12.8. The summed E-state index contributed by atoms with van der Waals surface area (Å²) in [6.07, 6.45) is 5.83. The third kappa shape index (κ3) is 2.84. The van der Waals surface area contributed by atoms with E-state index in [1.165, 1.54) is 11.4 Å². The van der Waals surface area contributed by atoms with Gasteiger partial charge in [0.1, 0.15) is 0 Å². The molecule has 1 aliphatic heterocycles. The second-order valence-corrected chi connectivity index (χ2v) is 7.27. The van der Waals surface area contributed by atoms with E-state index in [4.69, 9.17) is 0 Å². The van der Waals surface area contributed by atoms with E-state index in [-0.39, 0.29) is 11.8 Å². The van der Waals surface area contributed by atoms with Gasteiger partial charge in [-0.1, -0.05) is 35.2 Å². The molecule has 118 valence electrons. The lowest BCUT2D eigenvalue weighted by molar-refractivity contribution is -0.122. The summed E-state index contributed by atoms with van der Waals surface area (Å²) in [5, 5.41) is 16.9. The lowest BCUT2D eigenvalue weighted by atomic mass is 9.79. The molecule has 1 aromatic carbocycles. The van der Waals surface area contributed by atoms with E-state index < -0.39 is 5.72 Å². The van der Waals surface area contributed by atoms with Crippen LogP contribution in [0.1, 0.15) is 55.8 Å². The Kier molecular flexibility index (Phi) is 4.37. The summed E-state index contributed by atoms with van der Waals surface area (Å²) in [6, 6.07) is 7.19. The fourth-order valence-electron chi connectivity index (χ4n) is 3.56. The Labute approximate surface area is 139 Å². The van der Waals surface area contributed by atoms with Crippen LogP contribution < -0.4 is 0 Å². The van der Waals surface area contributed by atoms with Crippen molar-refractivity contribution < 1.29 is 9.90 Å². The number of halogens is 1. The van der Waals surface area contributed by atoms with Crippen LogP contribution >= 0.6 is 15.9 Å². The molecule has 2 aliphatic rings. The van der Waals surface area contributed by atoms with Crippen LogP contribution in [0.15, 0.2) is 33.8 Å². The minimum absolute atomic E-state index is 0.113. The average Bonchev–Trinajstić information content (AvgIpc) is 2.84. The molecule has 1 heterocycles. The molecule has 0 saturated heterocycles. The Balaban J connectivity index is 1.88. The number of benzene rings is 1. The van der Waals surface area contributed by atoms with Crippen molar-refractivity contribution in [3.05, 3.63) is 34.3 Å². The van der Waals surface area contributed by atoms with Crippen LogP contribution in [0, 0.1) is 5.92 Å². The van der Waals surface area contributed by atoms with Crippen molar-refractivity contribution in [2.75, 3.05) is 0 Å². The van der Waals surface area contributed by atoms with Crippen LogP contribution in [0.2, 0.25) is 0 Å². The molecule has 1 atom stereocenters. The highest BCUT2D eigenvalue weighted by atomic mass is 79.9. The number of hydrazone groups is 1. The van der Waals surface area contributed by atoms with E-state index in [0.717, 1.165) is 35.9 Å². The number of carbonyl (C=O) groups is 1. The molecule has 5 heteroatoms. The van der Waals surface area contributed by atoms with Gasteiger partial charge in [0.2, 0.25) is 0 Å². The zero-order valence-corrected chi connectivity index (χ0v) is 14.3. The fraction of sp³-hybridized carbons (Fsp3) is 0.529. The van der Waals surface area contributed by atoms with E-state index in [1.807, 2.05) is 19.1 Å². The molecule has 22 heavy (non-hydrogen) atoms. The summed E-state index contributed by atoms with van der Waals surface area (Å²) in [7, 11) is 0. The number of amides is 1. The standard InChI is InChI=1S/C17H21BrN2O2/c1-12-11-17(22,14-5-3-2-4-6-14)20(19-12)16(21)13-7-9-15(18)10-8-13/h7-10,14,22H,2-6,11H2,1H3/t17-/m0/s1. The van der Waals surface area contributed by atoms with Crippen molar-refractivity contribution in [2.45, 2.75) is 51.2 Å². The number of aliphatic hydroxyl groups is 1. The summed E-state index contributed by atoms with van der Waals surface area (Å²) in [5.74, 6) is -0.112. The molecule has 1 fully saturated rings. The Morgan fingerprint density at radius 3 is 2.55 bits per heavy atom. The Morgan fingerprint density at radius 1 is 1.27 bits per heavy atom. The van der Waals surface area contributed by atoms with Crippen molar-refractivity contribution in [2.24, 2.45) is 11.0 Å². The maximum atomic E-state index is 12.8. The van der Waals surface area contributed by atoms with Gasteiger partial charge in [-0.25, -0.2) is 0 Å². The number of rotatable bonds is 2. The van der Waals surface area contributed by atoms with E-state index in [9.17, 15) is 9.90 Å². The van der Waals surface area contributed by atoms with Gasteiger partial charge in [-0.3, -0.25) is 4.79 Å². The normalized spacial score (nSPS) is 26.1. The number of nitrogens with zero attached hydrogens (tertiary/aromatic N) is 2. The van der Waals surface area contributed by atoms with Gasteiger partial charge in [0.15, 0.2) is 5.72 Å².